The van der Waals surface area contributed by atoms with E-state index in [4.69, 9.17) is 16.6 Å². The van der Waals surface area contributed by atoms with Gasteiger partial charge < -0.3 is 11.5 Å². The van der Waals surface area contributed by atoms with E-state index in [2.05, 4.69) is 4.98 Å². The topological polar surface area (TPSA) is 82.8 Å². The van der Waals surface area contributed by atoms with Crippen LogP contribution in [-0.4, -0.2) is 21.3 Å². The molecule has 0 amide bonds. The number of pyridine rings is 1. The largest absolute Gasteiger partial charge is 0.330 e. The van der Waals surface area contributed by atoms with Crippen molar-refractivity contribution in [2.75, 3.05) is 6.54 Å². The maximum Gasteiger partial charge on any atom is 0.0962 e. The molecule has 0 saturated heterocycles. The van der Waals surface area contributed by atoms with Gasteiger partial charge in [0, 0.05) is 36.6 Å². The van der Waals surface area contributed by atoms with Crippen LogP contribution in [0.4, 0.5) is 0 Å². The van der Waals surface area contributed by atoms with E-state index >= 15 is 0 Å². The van der Waals surface area contributed by atoms with Crippen LogP contribution in [0, 0.1) is 0 Å². The Hall–Kier alpha value is -1.43. The molecule has 0 radical (unpaired) electrons. The second-order valence-electron chi connectivity index (χ2n) is 4.88. The van der Waals surface area contributed by atoms with Crippen LogP contribution in [0.3, 0.4) is 0 Å². The highest BCUT2D eigenvalue weighted by molar-refractivity contribution is 5.85. The smallest absolute Gasteiger partial charge is 0.0962 e. The van der Waals surface area contributed by atoms with Crippen molar-refractivity contribution in [3.63, 3.8) is 0 Å². The highest BCUT2D eigenvalue weighted by atomic mass is 35.5. The van der Waals surface area contributed by atoms with E-state index in [1.165, 1.54) is 16.7 Å². The lowest BCUT2D eigenvalue weighted by atomic mass is 9.90. The molecular weight excluding hydrogens is 274 g/mol. The Kier molecular flexibility index (Phi) is 4.75. The molecule has 6 heteroatoms. The van der Waals surface area contributed by atoms with Gasteiger partial charge in [-0.1, -0.05) is 0 Å². The third-order valence-corrected chi connectivity index (χ3v) is 3.74. The van der Waals surface area contributed by atoms with E-state index in [0.717, 1.165) is 37.2 Å². The van der Waals surface area contributed by atoms with Crippen molar-refractivity contribution in [1.29, 1.82) is 0 Å². The van der Waals surface area contributed by atoms with Crippen molar-refractivity contribution >= 4 is 12.4 Å². The number of halogens is 1. The molecule has 0 unspecified atom stereocenters. The van der Waals surface area contributed by atoms with Gasteiger partial charge in [-0.05, 0) is 37.4 Å². The van der Waals surface area contributed by atoms with E-state index in [9.17, 15) is 0 Å². The fourth-order valence-corrected chi connectivity index (χ4v) is 2.78. The zero-order valence-corrected chi connectivity index (χ0v) is 12.2. The first-order chi connectivity index (χ1) is 9.35. The van der Waals surface area contributed by atoms with Gasteiger partial charge in [-0.2, -0.15) is 5.10 Å². The minimum Gasteiger partial charge on any atom is -0.330 e. The lowest BCUT2D eigenvalue weighted by Crippen LogP contribution is -2.13. The SMILES string of the molecule is Cl.NCCCn1nc2c(c1CN)CCc1cnccc1-2. The molecule has 0 saturated carbocycles. The van der Waals surface area contributed by atoms with Gasteiger partial charge in [-0.25, -0.2) is 0 Å². The molecule has 0 bridgehead atoms. The van der Waals surface area contributed by atoms with Crippen molar-refractivity contribution in [2.45, 2.75) is 32.4 Å². The summed E-state index contributed by atoms with van der Waals surface area (Å²) in [5, 5.41) is 4.75. The molecule has 2 aromatic rings. The monoisotopic (exact) mass is 293 g/mol. The van der Waals surface area contributed by atoms with Gasteiger partial charge in [0.05, 0.1) is 11.4 Å². The number of rotatable bonds is 4. The number of nitrogens with two attached hydrogens (primary N) is 2. The van der Waals surface area contributed by atoms with Gasteiger partial charge in [-0.3, -0.25) is 9.67 Å². The Morgan fingerprint density at radius 2 is 2.10 bits per heavy atom. The van der Waals surface area contributed by atoms with E-state index < -0.39 is 0 Å². The number of hydrogen-bond acceptors (Lipinski definition) is 4. The number of hydrogen-bond donors (Lipinski definition) is 2. The van der Waals surface area contributed by atoms with Crippen molar-refractivity contribution in [3.05, 3.63) is 35.3 Å². The summed E-state index contributed by atoms with van der Waals surface area (Å²) in [7, 11) is 0. The summed E-state index contributed by atoms with van der Waals surface area (Å²) in [6, 6.07) is 2.05. The Bertz CT molecular complexity index is 593. The lowest BCUT2D eigenvalue weighted by Gasteiger charge is -2.14. The summed E-state index contributed by atoms with van der Waals surface area (Å²) in [6.45, 7) is 2.05. The third-order valence-electron chi connectivity index (χ3n) is 3.74. The highest BCUT2D eigenvalue weighted by Gasteiger charge is 2.23. The summed E-state index contributed by atoms with van der Waals surface area (Å²) in [6.07, 6.45) is 6.72. The van der Waals surface area contributed by atoms with Crippen molar-refractivity contribution in [2.24, 2.45) is 11.5 Å². The average Bonchev–Trinajstić information content (AvgIpc) is 2.82. The molecular formula is C14H20ClN5. The molecule has 1 aliphatic carbocycles. The summed E-state index contributed by atoms with van der Waals surface area (Å²) in [4.78, 5) is 4.19. The first kappa shape index (κ1) is 15.0. The number of nitrogens with zero attached hydrogens (tertiary/aromatic N) is 3. The van der Waals surface area contributed by atoms with Crippen LogP contribution in [0.2, 0.25) is 0 Å². The highest BCUT2D eigenvalue weighted by Crippen LogP contribution is 2.33. The van der Waals surface area contributed by atoms with Gasteiger partial charge in [-0.15, -0.1) is 12.4 Å². The second kappa shape index (κ2) is 6.35. The van der Waals surface area contributed by atoms with Crippen LogP contribution in [0.1, 0.15) is 23.2 Å². The molecule has 1 aliphatic rings. The maximum absolute atomic E-state index is 5.91. The Labute approximate surface area is 124 Å². The van der Waals surface area contributed by atoms with Crippen LogP contribution in [0.25, 0.3) is 11.3 Å². The van der Waals surface area contributed by atoms with Gasteiger partial charge in [0.2, 0.25) is 0 Å². The molecule has 0 aromatic carbocycles. The van der Waals surface area contributed by atoms with Gasteiger partial charge >= 0.3 is 0 Å². The molecule has 108 valence electrons. The Balaban J connectivity index is 0.00000147. The average molecular weight is 294 g/mol. The maximum atomic E-state index is 5.91. The minimum absolute atomic E-state index is 0. The summed E-state index contributed by atoms with van der Waals surface area (Å²) in [5.74, 6) is 0. The summed E-state index contributed by atoms with van der Waals surface area (Å²) < 4.78 is 2.03. The number of aromatic nitrogens is 3. The van der Waals surface area contributed by atoms with Crippen LogP contribution >= 0.6 is 12.4 Å². The standard InChI is InChI=1S/C14H19N5.ClH/c15-5-1-7-19-13(8-16)12-3-2-10-9-17-6-4-11(10)14(12)18-19;/h4,6,9H,1-3,5,7-8,15-16H2;1H. The van der Waals surface area contributed by atoms with Crippen LogP contribution in [0.5, 0.6) is 0 Å². The van der Waals surface area contributed by atoms with Crippen LogP contribution < -0.4 is 11.5 Å². The van der Waals surface area contributed by atoms with Crippen LogP contribution in [0.15, 0.2) is 18.5 Å². The van der Waals surface area contributed by atoms with Crippen molar-refractivity contribution < 1.29 is 0 Å². The van der Waals surface area contributed by atoms with Gasteiger partial charge in [0.25, 0.3) is 0 Å². The fourth-order valence-electron chi connectivity index (χ4n) is 2.78. The Morgan fingerprint density at radius 1 is 1.25 bits per heavy atom. The van der Waals surface area contributed by atoms with E-state index in [0.29, 0.717) is 13.1 Å². The van der Waals surface area contributed by atoms with E-state index in [1.54, 1.807) is 0 Å². The summed E-state index contributed by atoms with van der Waals surface area (Å²) >= 11 is 0. The van der Waals surface area contributed by atoms with Crippen molar-refractivity contribution in [3.8, 4) is 11.3 Å². The predicted molar refractivity (Wildman–Crippen MR) is 81.7 cm³/mol. The molecule has 5 nitrogen and oxygen atoms in total. The lowest BCUT2D eigenvalue weighted by molar-refractivity contribution is 0.560. The fraction of sp³-hybridized carbons (Fsp3) is 0.429. The van der Waals surface area contributed by atoms with Crippen LogP contribution in [-0.2, 0) is 25.9 Å². The second-order valence-corrected chi connectivity index (χ2v) is 4.88. The zero-order chi connectivity index (χ0) is 13.2. The van der Waals surface area contributed by atoms with Gasteiger partial charge in [0.1, 0.15) is 0 Å². The first-order valence-corrected chi connectivity index (χ1v) is 6.77. The molecule has 0 spiro atoms. The van der Waals surface area contributed by atoms with E-state index in [-0.39, 0.29) is 12.4 Å². The third kappa shape index (κ3) is 2.44. The predicted octanol–water partition coefficient (Wildman–Crippen LogP) is 1.27. The quantitative estimate of drug-likeness (QED) is 0.889. The molecule has 0 fully saturated rings. The molecule has 2 heterocycles. The summed E-state index contributed by atoms with van der Waals surface area (Å²) in [5.41, 5.74) is 17.5. The molecule has 0 aliphatic heterocycles. The van der Waals surface area contributed by atoms with Gasteiger partial charge in [0.15, 0.2) is 0 Å². The normalized spacial score (nSPS) is 12.5. The minimum atomic E-state index is 0. The molecule has 20 heavy (non-hydrogen) atoms. The number of aryl methyl sites for hydroxylation is 2. The Morgan fingerprint density at radius 3 is 2.85 bits per heavy atom. The molecule has 4 N–H and O–H groups in total. The van der Waals surface area contributed by atoms with Crippen molar-refractivity contribution in [1.82, 2.24) is 14.8 Å². The molecule has 2 aromatic heterocycles. The first-order valence-electron chi connectivity index (χ1n) is 6.77. The molecule has 3 rings (SSSR count). The number of fused-ring (bicyclic) bond motifs is 3. The van der Waals surface area contributed by atoms with E-state index in [1.807, 2.05) is 23.1 Å². The molecule has 0 atom stereocenters. The zero-order valence-electron chi connectivity index (χ0n) is 11.4.